The number of hydrogen-bond donors (Lipinski definition) is 0. The van der Waals surface area contributed by atoms with E-state index >= 15 is 0 Å². The zero-order chi connectivity index (χ0) is 7.11. The van der Waals surface area contributed by atoms with Crippen LogP contribution in [0.4, 0.5) is 0 Å². The highest BCUT2D eigenvalue weighted by atomic mass is 16.7. The van der Waals surface area contributed by atoms with Crippen LogP contribution in [0.3, 0.4) is 0 Å². The van der Waals surface area contributed by atoms with Crippen molar-refractivity contribution in [2.75, 3.05) is 6.61 Å². The second-order valence-electron chi connectivity index (χ2n) is 1.91. The van der Waals surface area contributed by atoms with E-state index in [1.807, 2.05) is 13.8 Å². The summed E-state index contributed by atoms with van der Waals surface area (Å²) >= 11 is 0. The maximum Gasteiger partial charge on any atom is 0.209 e. The average Bonchev–Trinajstić information content (AvgIpc) is 1.89. The second-order valence-corrected chi connectivity index (χ2v) is 1.91. The van der Waals surface area contributed by atoms with Crippen LogP contribution in [0.25, 0.3) is 0 Å². The van der Waals surface area contributed by atoms with Crippen LogP contribution < -0.4 is 0 Å². The molecule has 0 aromatic carbocycles. The third kappa shape index (κ3) is 5.80. The predicted molar refractivity (Wildman–Crippen MR) is 36.8 cm³/mol. The van der Waals surface area contributed by atoms with E-state index in [1.165, 1.54) is 6.79 Å². The summed E-state index contributed by atoms with van der Waals surface area (Å²) in [7, 11) is 0. The highest BCUT2D eigenvalue weighted by Gasteiger charge is 1.96. The molecule has 2 heteroatoms. The van der Waals surface area contributed by atoms with Crippen LogP contribution in [0, 0.1) is 6.79 Å². The van der Waals surface area contributed by atoms with E-state index in [-0.39, 0.29) is 6.10 Å². The highest BCUT2D eigenvalue weighted by Crippen LogP contribution is 1.97. The van der Waals surface area contributed by atoms with Crippen LogP contribution in [-0.4, -0.2) is 12.7 Å². The van der Waals surface area contributed by atoms with Crippen molar-refractivity contribution in [1.29, 1.82) is 0 Å². The molecule has 0 fully saturated rings. The molecule has 0 saturated heterocycles. The molecule has 0 amide bonds. The van der Waals surface area contributed by atoms with Crippen molar-refractivity contribution < 1.29 is 9.47 Å². The Balaban J connectivity index is 2.88. The summed E-state index contributed by atoms with van der Waals surface area (Å²) in [4.78, 5) is 0. The SMILES string of the molecule is CCO[CH]OC(C)CC. The molecule has 1 atom stereocenters. The standard InChI is InChI=1S/C7H15O2/c1-4-7(3)9-6-8-5-2/h6-7H,4-5H2,1-3H3. The maximum atomic E-state index is 5.08. The van der Waals surface area contributed by atoms with Crippen molar-refractivity contribution in [1.82, 2.24) is 0 Å². The normalized spacial score (nSPS) is 13.7. The van der Waals surface area contributed by atoms with Gasteiger partial charge in [-0.05, 0) is 20.3 Å². The third-order valence-electron chi connectivity index (χ3n) is 1.10. The van der Waals surface area contributed by atoms with E-state index in [4.69, 9.17) is 9.47 Å². The van der Waals surface area contributed by atoms with E-state index in [2.05, 4.69) is 6.92 Å². The Kier molecular flexibility index (Phi) is 5.99. The predicted octanol–water partition coefficient (Wildman–Crippen LogP) is 1.96. The molecule has 1 unspecified atom stereocenters. The lowest BCUT2D eigenvalue weighted by molar-refractivity contribution is -0.0114. The minimum absolute atomic E-state index is 0.275. The average molecular weight is 131 g/mol. The van der Waals surface area contributed by atoms with Crippen molar-refractivity contribution in [2.45, 2.75) is 33.3 Å². The van der Waals surface area contributed by atoms with E-state index in [0.717, 1.165) is 6.42 Å². The Labute approximate surface area is 57.2 Å². The molecule has 0 N–H and O–H groups in total. The minimum atomic E-state index is 0.275. The van der Waals surface area contributed by atoms with Crippen LogP contribution in [0.15, 0.2) is 0 Å². The van der Waals surface area contributed by atoms with E-state index < -0.39 is 0 Å². The lowest BCUT2D eigenvalue weighted by Crippen LogP contribution is -2.05. The van der Waals surface area contributed by atoms with Crippen molar-refractivity contribution in [3.63, 3.8) is 0 Å². The summed E-state index contributed by atoms with van der Waals surface area (Å²) in [6.07, 6.45) is 1.29. The van der Waals surface area contributed by atoms with Gasteiger partial charge < -0.3 is 9.47 Å². The lowest BCUT2D eigenvalue weighted by Gasteiger charge is -2.07. The lowest BCUT2D eigenvalue weighted by atomic mass is 10.3. The summed E-state index contributed by atoms with van der Waals surface area (Å²) in [5.74, 6) is 0. The summed E-state index contributed by atoms with van der Waals surface area (Å²) in [5.41, 5.74) is 0. The molecule has 0 spiro atoms. The summed E-state index contributed by atoms with van der Waals surface area (Å²) < 4.78 is 9.94. The van der Waals surface area contributed by atoms with Crippen LogP contribution >= 0.6 is 0 Å². The zero-order valence-electron chi connectivity index (χ0n) is 6.39. The van der Waals surface area contributed by atoms with Gasteiger partial charge in [-0.1, -0.05) is 6.92 Å². The molecule has 0 aliphatic carbocycles. The van der Waals surface area contributed by atoms with Crippen LogP contribution in [0.5, 0.6) is 0 Å². The molecule has 0 aromatic rings. The van der Waals surface area contributed by atoms with Gasteiger partial charge in [0.15, 0.2) is 0 Å². The van der Waals surface area contributed by atoms with Gasteiger partial charge in [-0.15, -0.1) is 0 Å². The Morgan fingerprint density at radius 3 is 2.56 bits per heavy atom. The molecule has 0 heterocycles. The van der Waals surface area contributed by atoms with Crippen LogP contribution in [0.1, 0.15) is 27.2 Å². The molecule has 1 radical (unpaired) electrons. The monoisotopic (exact) mass is 131 g/mol. The van der Waals surface area contributed by atoms with Gasteiger partial charge >= 0.3 is 0 Å². The van der Waals surface area contributed by atoms with Crippen molar-refractivity contribution in [3.8, 4) is 0 Å². The molecular formula is C7H15O2. The molecule has 0 saturated carbocycles. The molecule has 0 aliphatic rings. The van der Waals surface area contributed by atoms with Crippen molar-refractivity contribution >= 4 is 0 Å². The van der Waals surface area contributed by atoms with Crippen LogP contribution in [-0.2, 0) is 9.47 Å². The minimum Gasteiger partial charge on any atom is -0.348 e. The van der Waals surface area contributed by atoms with Crippen molar-refractivity contribution in [2.24, 2.45) is 0 Å². The Bertz CT molecular complexity index is 54.9. The van der Waals surface area contributed by atoms with Gasteiger partial charge in [0.25, 0.3) is 0 Å². The molecule has 0 bridgehead atoms. The third-order valence-corrected chi connectivity index (χ3v) is 1.10. The van der Waals surface area contributed by atoms with Gasteiger partial charge in [0.1, 0.15) is 0 Å². The smallest absolute Gasteiger partial charge is 0.209 e. The number of rotatable bonds is 5. The van der Waals surface area contributed by atoms with Gasteiger partial charge in [-0.3, -0.25) is 0 Å². The largest absolute Gasteiger partial charge is 0.348 e. The molecule has 0 aliphatic heterocycles. The summed E-state index contributed by atoms with van der Waals surface area (Å²) in [6.45, 7) is 8.10. The molecular weight excluding hydrogens is 116 g/mol. The summed E-state index contributed by atoms with van der Waals surface area (Å²) in [6, 6.07) is 0. The highest BCUT2D eigenvalue weighted by molar-refractivity contribution is 4.44. The topological polar surface area (TPSA) is 18.5 Å². The molecule has 2 nitrogen and oxygen atoms in total. The van der Waals surface area contributed by atoms with Gasteiger partial charge in [0.05, 0.1) is 6.10 Å². The first-order chi connectivity index (χ1) is 4.31. The molecule has 55 valence electrons. The maximum absolute atomic E-state index is 5.08. The van der Waals surface area contributed by atoms with E-state index in [1.54, 1.807) is 0 Å². The van der Waals surface area contributed by atoms with Gasteiger partial charge in [-0.25, -0.2) is 0 Å². The second kappa shape index (κ2) is 6.05. The number of ether oxygens (including phenoxy) is 2. The molecule has 0 rings (SSSR count). The van der Waals surface area contributed by atoms with Gasteiger partial charge in [0.2, 0.25) is 6.79 Å². The fourth-order valence-corrected chi connectivity index (χ4v) is 0.298. The van der Waals surface area contributed by atoms with Crippen LogP contribution in [0.2, 0.25) is 0 Å². The van der Waals surface area contributed by atoms with Gasteiger partial charge in [0, 0.05) is 6.61 Å². The fraction of sp³-hybridized carbons (Fsp3) is 0.857. The number of hydrogen-bond acceptors (Lipinski definition) is 2. The van der Waals surface area contributed by atoms with Gasteiger partial charge in [-0.2, -0.15) is 0 Å². The quantitative estimate of drug-likeness (QED) is 0.531. The Hall–Kier alpha value is -0.0800. The Morgan fingerprint density at radius 2 is 2.11 bits per heavy atom. The first kappa shape index (κ1) is 8.92. The zero-order valence-corrected chi connectivity index (χ0v) is 6.39. The Morgan fingerprint density at radius 1 is 1.44 bits per heavy atom. The molecule has 9 heavy (non-hydrogen) atoms. The van der Waals surface area contributed by atoms with Crippen molar-refractivity contribution in [3.05, 3.63) is 6.79 Å². The molecule has 0 aromatic heterocycles. The van der Waals surface area contributed by atoms with E-state index in [0.29, 0.717) is 6.61 Å². The first-order valence-electron chi connectivity index (χ1n) is 3.40. The summed E-state index contributed by atoms with van der Waals surface area (Å²) in [5, 5.41) is 0. The fourth-order valence-electron chi connectivity index (χ4n) is 0.298. The first-order valence-corrected chi connectivity index (χ1v) is 3.40. The van der Waals surface area contributed by atoms with E-state index in [9.17, 15) is 0 Å².